The molecule has 3 rings (SSSR count). The van der Waals surface area contributed by atoms with Gasteiger partial charge in [0.05, 0.1) is 13.6 Å². The summed E-state index contributed by atoms with van der Waals surface area (Å²) >= 11 is 13.0. The number of fused-ring (bicyclic) bond motifs is 1. The maximum atomic E-state index is 3.68. The summed E-state index contributed by atoms with van der Waals surface area (Å²) in [5.74, 6) is 2.45. The lowest BCUT2D eigenvalue weighted by Gasteiger charge is -2.13. The summed E-state index contributed by atoms with van der Waals surface area (Å²) in [7, 11) is 2.04. The standard InChI is InChI=1S/C13H13Br2NS3/c1-16-12(8-5-11(14)19-13(8)15)10-4-7-6-17-3-2-9(7)18-10/h4-5,12,16H,2-3,6H2,1H3. The Kier molecular flexibility index (Phi) is 4.76. The highest BCUT2D eigenvalue weighted by atomic mass is 79.9. The van der Waals surface area contributed by atoms with Crippen molar-refractivity contribution in [1.29, 1.82) is 0 Å². The van der Waals surface area contributed by atoms with Crippen LogP contribution in [0.5, 0.6) is 0 Å². The van der Waals surface area contributed by atoms with E-state index in [1.54, 1.807) is 21.8 Å². The minimum atomic E-state index is 0.289. The molecule has 0 spiro atoms. The molecule has 1 nitrogen and oxygen atoms in total. The maximum absolute atomic E-state index is 3.68. The van der Waals surface area contributed by atoms with Gasteiger partial charge in [-0.3, -0.25) is 0 Å². The largest absolute Gasteiger partial charge is 0.309 e. The minimum absolute atomic E-state index is 0.289. The fourth-order valence-electron chi connectivity index (χ4n) is 2.31. The molecule has 0 radical (unpaired) electrons. The van der Waals surface area contributed by atoms with Gasteiger partial charge in [-0.05, 0) is 68.8 Å². The van der Waals surface area contributed by atoms with Crippen molar-refractivity contribution < 1.29 is 0 Å². The minimum Gasteiger partial charge on any atom is -0.309 e. The molecule has 0 aliphatic carbocycles. The van der Waals surface area contributed by atoms with Crippen LogP contribution in [-0.4, -0.2) is 12.8 Å². The van der Waals surface area contributed by atoms with Crippen LogP contribution in [0.2, 0.25) is 0 Å². The number of nitrogens with one attached hydrogen (secondary N) is 1. The molecule has 1 unspecified atom stereocenters. The van der Waals surface area contributed by atoms with Gasteiger partial charge in [0.15, 0.2) is 0 Å². The van der Waals surface area contributed by atoms with E-state index in [1.807, 2.05) is 30.1 Å². The van der Waals surface area contributed by atoms with Gasteiger partial charge in [-0.25, -0.2) is 0 Å². The molecule has 102 valence electrons. The zero-order chi connectivity index (χ0) is 13.4. The summed E-state index contributed by atoms with van der Waals surface area (Å²) in [5.41, 5.74) is 2.87. The van der Waals surface area contributed by atoms with Gasteiger partial charge in [-0.1, -0.05) is 0 Å². The molecule has 2 aromatic rings. The molecule has 19 heavy (non-hydrogen) atoms. The molecular formula is C13H13Br2NS3. The quantitative estimate of drug-likeness (QED) is 0.685. The van der Waals surface area contributed by atoms with Gasteiger partial charge in [0.1, 0.15) is 0 Å². The van der Waals surface area contributed by atoms with Gasteiger partial charge in [0.2, 0.25) is 0 Å². The fraction of sp³-hybridized carbons (Fsp3) is 0.385. The number of thiophene rings is 2. The number of halogens is 2. The SMILES string of the molecule is CNC(c1cc2c(s1)CCSC2)c1cc(Br)sc1Br. The van der Waals surface area contributed by atoms with E-state index in [4.69, 9.17) is 0 Å². The Balaban J connectivity index is 1.98. The third-order valence-electron chi connectivity index (χ3n) is 3.21. The monoisotopic (exact) mass is 437 g/mol. The Morgan fingerprint density at radius 1 is 1.26 bits per heavy atom. The van der Waals surface area contributed by atoms with Gasteiger partial charge < -0.3 is 5.32 Å². The normalized spacial score (nSPS) is 16.4. The number of thioether (sulfide) groups is 1. The lowest BCUT2D eigenvalue weighted by atomic mass is 10.1. The van der Waals surface area contributed by atoms with Gasteiger partial charge in [-0.2, -0.15) is 11.8 Å². The van der Waals surface area contributed by atoms with Crippen molar-refractivity contribution in [2.24, 2.45) is 0 Å². The second-order valence-corrected chi connectivity index (χ2v) is 10.4. The van der Waals surface area contributed by atoms with Crippen LogP contribution in [0.25, 0.3) is 0 Å². The summed E-state index contributed by atoms with van der Waals surface area (Å²) < 4.78 is 2.38. The summed E-state index contributed by atoms with van der Waals surface area (Å²) in [6.07, 6.45) is 1.23. The second-order valence-electron chi connectivity index (χ2n) is 4.40. The summed E-state index contributed by atoms with van der Waals surface area (Å²) in [5, 5.41) is 3.46. The second kappa shape index (κ2) is 6.20. The molecule has 0 fully saturated rings. The van der Waals surface area contributed by atoms with E-state index in [1.165, 1.54) is 35.9 Å². The van der Waals surface area contributed by atoms with Crippen molar-refractivity contribution in [2.75, 3.05) is 12.8 Å². The van der Waals surface area contributed by atoms with Crippen molar-refractivity contribution in [2.45, 2.75) is 18.2 Å². The zero-order valence-corrected chi connectivity index (χ0v) is 16.0. The van der Waals surface area contributed by atoms with Gasteiger partial charge in [0, 0.05) is 21.1 Å². The molecule has 6 heteroatoms. The first kappa shape index (κ1) is 14.6. The lowest BCUT2D eigenvalue weighted by Crippen LogP contribution is -2.16. The fourth-order valence-corrected chi connectivity index (χ4v) is 7.72. The first-order chi connectivity index (χ1) is 9.19. The predicted molar refractivity (Wildman–Crippen MR) is 94.8 cm³/mol. The smallest absolute Gasteiger partial charge is 0.0762 e. The van der Waals surface area contributed by atoms with Crippen LogP contribution in [0.4, 0.5) is 0 Å². The molecule has 1 atom stereocenters. The predicted octanol–water partition coefficient (Wildman–Crippen LogP) is 5.43. The van der Waals surface area contributed by atoms with Crippen LogP contribution < -0.4 is 5.32 Å². The summed E-state index contributed by atoms with van der Waals surface area (Å²) in [4.78, 5) is 3.01. The van der Waals surface area contributed by atoms with Crippen LogP contribution in [0, 0.1) is 0 Å². The molecular weight excluding hydrogens is 426 g/mol. The van der Waals surface area contributed by atoms with Crippen LogP contribution in [-0.2, 0) is 12.2 Å². The molecule has 0 saturated heterocycles. The van der Waals surface area contributed by atoms with E-state index in [-0.39, 0.29) is 6.04 Å². The van der Waals surface area contributed by atoms with Crippen molar-refractivity contribution in [1.82, 2.24) is 5.32 Å². The molecule has 1 aliphatic heterocycles. The molecule has 1 N–H and O–H groups in total. The van der Waals surface area contributed by atoms with Gasteiger partial charge in [0.25, 0.3) is 0 Å². The van der Waals surface area contributed by atoms with Gasteiger partial charge >= 0.3 is 0 Å². The first-order valence-corrected chi connectivity index (χ1v) is 10.4. The van der Waals surface area contributed by atoms with Crippen LogP contribution >= 0.6 is 66.3 Å². The molecule has 2 aromatic heterocycles. The summed E-state index contributed by atoms with van der Waals surface area (Å²) in [6, 6.07) is 4.90. The molecule has 1 aliphatic rings. The highest BCUT2D eigenvalue weighted by Gasteiger charge is 2.22. The lowest BCUT2D eigenvalue weighted by molar-refractivity contribution is 0.703. The first-order valence-electron chi connectivity index (χ1n) is 6.00. The van der Waals surface area contributed by atoms with E-state index in [2.05, 4.69) is 49.3 Å². The molecule has 0 aromatic carbocycles. The Bertz CT molecular complexity index is 567. The molecule has 3 heterocycles. The number of aryl methyl sites for hydroxylation is 1. The average Bonchev–Trinajstić information content (AvgIpc) is 2.94. The topological polar surface area (TPSA) is 12.0 Å². The van der Waals surface area contributed by atoms with E-state index >= 15 is 0 Å². The van der Waals surface area contributed by atoms with E-state index in [0.29, 0.717) is 0 Å². The van der Waals surface area contributed by atoms with Crippen molar-refractivity contribution >= 4 is 66.3 Å². The van der Waals surface area contributed by atoms with Crippen molar-refractivity contribution in [3.63, 3.8) is 0 Å². The number of hydrogen-bond donors (Lipinski definition) is 1. The van der Waals surface area contributed by atoms with E-state index < -0.39 is 0 Å². The number of hydrogen-bond acceptors (Lipinski definition) is 4. The zero-order valence-electron chi connectivity index (χ0n) is 10.3. The van der Waals surface area contributed by atoms with Crippen molar-refractivity contribution in [3.05, 3.63) is 40.6 Å². The highest BCUT2D eigenvalue weighted by molar-refractivity contribution is 9.12. The Morgan fingerprint density at radius 3 is 2.74 bits per heavy atom. The van der Waals surface area contributed by atoms with Crippen LogP contribution in [0.3, 0.4) is 0 Å². The van der Waals surface area contributed by atoms with Crippen molar-refractivity contribution in [3.8, 4) is 0 Å². The maximum Gasteiger partial charge on any atom is 0.0762 e. The molecule has 0 amide bonds. The molecule has 0 saturated carbocycles. The summed E-state index contributed by atoms with van der Waals surface area (Å²) in [6.45, 7) is 0. The molecule has 0 bridgehead atoms. The van der Waals surface area contributed by atoms with Crippen LogP contribution in [0.15, 0.2) is 19.7 Å². The van der Waals surface area contributed by atoms with E-state index in [9.17, 15) is 0 Å². The Labute approximate surface area is 142 Å². The number of rotatable bonds is 3. The Morgan fingerprint density at radius 2 is 2.11 bits per heavy atom. The highest BCUT2D eigenvalue weighted by Crippen LogP contribution is 2.41. The van der Waals surface area contributed by atoms with Gasteiger partial charge in [-0.15, -0.1) is 22.7 Å². The van der Waals surface area contributed by atoms with Crippen LogP contribution in [0.1, 0.15) is 26.9 Å². The Hall–Kier alpha value is 0.670. The van der Waals surface area contributed by atoms with E-state index in [0.717, 1.165) is 0 Å². The third kappa shape index (κ3) is 2.99. The average molecular weight is 439 g/mol. The third-order valence-corrected chi connectivity index (χ3v) is 7.91.